The molecule has 0 spiro atoms. The molecule has 0 bridgehead atoms. The molecule has 0 aliphatic carbocycles. The smallest absolute Gasteiger partial charge is 0.195 e. The molecule has 18 heavy (non-hydrogen) atoms. The van der Waals surface area contributed by atoms with Gasteiger partial charge in [0.15, 0.2) is 5.78 Å². The third-order valence-corrected chi connectivity index (χ3v) is 2.42. The van der Waals surface area contributed by atoms with Crippen molar-refractivity contribution < 1.29 is 14.5 Å². The van der Waals surface area contributed by atoms with Crippen molar-refractivity contribution >= 4 is 14.9 Å². The third-order valence-electron chi connectivity index (χ3n) is 2.42. The Labute approximate surface area is 108 Å². The second-order valence-electron chi connectivity index (χ2n) is 3.54. The van der Waals surface area contributed by atoms with Crippen LogP contribution in [0.4, 0.5) is 0 Å². The number of carbonyl (C=O) groups excluding carboxylic acids is 1. The first-order valence-corrected chi connectivity index (χ1v) is 5.72. The van der Waals surface area contributed by atoms with Gasteiger partial charge in [0.05, 0.1) is 0 Å². The summed E-state index contributed by atoms with van der Waals surface area (Å²) in [6.07, 6.45) is -1.08. The van der Waals surface area contributed by atoms with Crippen molar-refractivity contribution in [1.82, 2.24) is 0 Å². The molecular formula is C14H13O3P. The standard InChI is InChI=1S/C14H12O2.HOP/c15-13(11-7-3-1-4-8-11)14(16)12-9-5-2-6-10-12;1-2/h1-10,13,15H;2H. The van der Waals surface area contributed by atoms with Crippen LogP contribution in [0.1, 0.15) is 22.0 Å². The zero-order valence-corrected chi connectivity index (χ0v) is 10.6. The quantitative estimate of drug-likeness (QED) is 0.681. The molecule has 0 aliphatic rings. The van der Waals surface area contributed by atoms with E-state index in [0.29, 0.717) is 11.1 Å². The highest BCUT2D eigenvalue weighted by Gasteiger charge is 2.18. The van der Waals surface area contributed by atoms with Crippen LogP contribution in [0.15, 0.2) is 60.7 Å². The number of hydrogen-bond acceptors (Lipinski definition) is 3. The van der Waals surface area contributed by atoms with Gasteiger partial charge in [-0.2, -0.15) is 0 Å². The Hall–Kier alpha value is -1.83. The Morgan fingerprint density at radius 2 is 1.33 bits per heavy atom. The summed E-state index contributed by atoms with van der Waals surface area (Å²) in [5.41, 5.74) is 1.15. The molecule has 1 N–H and O–H groups in total. The minimum Gasteiger partial charge on any atom is -0.380 e. The summed E-state index contributed by atoms with van der Waals surface area (Å²) in [6.45, 7) is 0. The molecule has 0 amide bonds. The highest BCUT2D eigenvalue weighted by atomic mass is 31.0. The molecule has 1 unspecified atom stereocenters. The molecule has 0 radical (unpaired) electrons. The van der Waals surface area contributed by atoms with Crippen LogP contribution in [0, 0.1) is 0 Å². The van der Waals surface area contributed by atoms with Crippen molar-refractivity contribution in [3.63, 3.8) is 0 Å². The first kappa shape index (κ1) is 14.2. The number of aliphatic hydroxyl groups excluding tert-OH is 1. The van der Waals surface area contributed by atoms with E-state index in [-0.39, 0.29) is 5.78 Å². The molecule has 2 rings (SSSR count). The van der Waals surface area contributed by atoms with Crippen molar-refractivity contribution in [2.45, 2.75) is 6.10 Å². The zero-order chi connectivity index (χ0) is 13.4. The van der Waals surface area contributed by atoms with Gasteiger partial charge in [0.25, 0.3) is 0 Å². The first-order valence-electron chi connectivity index (χ1n) is 5.32. The Balaban J connectivity index is 0.000000771. The van der Waals surface area contributed by atoms with Gasteiger partial charge in [-0.25, -0.2) is 0 Å². The lowest BCUT2D eigenvalue weighted by molar-refractivity contribution is 0.0747. The van der Waals surface area contributed by atoms with Gasteiger partial charge in [-0.1, -0.05) is 60.7 Å². The number of Topliss-reactive ketones (excluding diaryl/α,β-unsaturated/α-hetero) is 1. The molecule has 2 aromatic rings. The van der Waals surface area contributed by atoms with Gasteiger partial charge in [0.2, 0.25) is 0 Å². The minimum atomic E-state index is -1.08. The van der Waals surface area contributed by atoms with Crippen LogP contribution in [-0.4, -0.2) is 10.9 Å². The number of carbonyl (C=O) groups is 1. The van der Waals surface area contributed by atoms with Gasteiger partial charge in [-0.05, 0) is 5.56 Å². The molecule has 0 fully saturated rings. The highest BCUT2D eigenvalue weighted by molar-refractivity contribution is 7.00. The SMILES string of the molecule is O=C(c1ccccc1)C(O)c1ccccc1.O=P. The fraction of sp³-hybridized carbons (Fsp3) is 0.0714. The van der Waals surface area contributed by atoms with Crippen molar-refractivity contribution in [1.29, 1.82) is 0 Å². The van der Waals surface area contributed by atoms with Gasteiger partial charge in [-0.15, -0.1) is 0 Å². The van der Waals surface area contributed by atoms with E-state index >= 15 is 0 Å². The van der Waals surface area contributed by atoms with Crippen molar-refractivity contribution in [3.8, 4) is 0 Å². The van der Waals surface area contributed by atoms with Crippen LogP contribution in [0.25, 0.3) is 0 Å². The first-order chi connectivity index (χ1) is 8.79. The van der Waals surface area contributed by atoms with Gasteiger partial charge in [0, 0.05) is 5.56 Å². The van der Waals surface area contributed by atoms with Gasteiger partial charge in [0.1, 0.15) is 15.2 Å². The van der Waals surface area contributed by atoms with Gasteiger partial charge < -0.3 is 5.11 Å². The molecule has 1 atom stereocenters. The molecule has 2 aromatic carbocycles. The van der Waals surface area contributed by atoms with E-state index in [1.807, 2.05) is 12.1 Å². The topological polar surface area (TPSA) is 54.4 Å². The predicted molar refractivity (Wildman–Crippen MR) is 71.2 cm³/mol. The van der Waals surface area contributed by atoms with Crippen molar-refractivity contribution in [3.05, 3.63) is 71.8 Å². The summed E-state index contributed by atoms with van der Waals surface area (Å²) >= 11 is 0. The number of ketones is 1. The number of rotatable bonds is 3. The van der Waals surface area contributed by atoms with Crippen LogP contribution in [-0.2, 0) is 4.57 Å². The average Bonchev–Trinajstić information content (AvgIpc) is 2.49. The summed E-state index contributed by atoms with van der Waals surface area (Å²) in [6, 6.07) is 17.7. The summed E-state index contributed by atoms with van der Waals surface area (Å²) in [4.78, 5) is 11.9. The van der Waals surface area contributed by atoms with E-state index in [1.54, 1.807) is 57.7 Å². The molecular weight excluding hydrogens is 247 g/mol. The normalized spacial score (nSPS) is 10.9. The molecule has 0 saturated carbocycles. The van der Waals surface area contributed by atoms with Crippen molar-refractivity contribution in [2.75, 3.05) is 0 Å². The molecule has 92 valence electrons. The van der Waals surface area contributed by atoms with E-state index in [1.165, 1.54) is 0 Å². The van der Waals surface area contributed by atoms with E-state index in [9.17, 15) is 9.90 Å². The maximum absolute atomic E-state index is 11.9. The largest absolute Gasteiger partial charge is 0.380 e. The average molecular weight is 260 g/mol. The molecule has 0 saturated heterocycles. The monoisotopic (exact) mass is 260 g/mol. The maximum Gasteiger partial charge on any atom is 0.195 e. The molecule has 3 nitrogen and oxygen atoms in total. The molecule has 4 heteroatoms. The number of hydrogen-bond donors (Lipinski definition) is 1. The van der Waals surface area contributed by atoms with E-state index in [4.69, 9.17) is 4.57 Å². The van der Waals surface area contributed by atoms with E-state index in [0.717, 1.165) is 0 Å². The number of aliphatic hydroxyl groups is 1. The van der Waals surface area contributed by atoms with Crippen LogP contribution in [0.3, 0.4) is 0 Å². The summed E-state index contributed by atoms with van der Waals surface area (Å²) in [5, 5.41) is 9.89. The molecule has 0 aromatic heterocycles. The second-order valence-corrected chi connectivity index (χ2v) is 3.54. The predicted octanol–water partition coefficient (Wildman–Crippen LogP) is 3.08. The lowest BCUT2D eigenvalue weighted by atomic mass is 10.0. The highest BCUT2D eigenvalue weighted by Crippen LogP contribution is 2.17. The van der Waals surface area contributed by atoms with Crippen LogP contribution in [0.5, 0.6) is 0 Å². The van der Waals surface area contributed by atoms with Gasteiger partial charge in [-0.3, -0.25) is 9.36 Å². The Kier molecular flexibility index (Phi) is 5.92. The van der Waals surface area contributed by atoms with E-state index in [2.05, 4.69) is 0 Å². The van der Waals surface area contributed by atoms with Crippen LogP contribution in [0.2, 0.25) is 0 Å². The van der Waals surface area contributed by atoms with Crippen LogP contribution < -0.4 is 0 Å². The summed E-state index contributed by atoms with van der Waals surface area (Å²) in [5.74, 6) is -0.271. The third kappa shape index (κ3) is 3.59. The Morgan fingerprint density at radius 3 is 1.83 bits per heavy atom. The fourth-order valence-corrected chi connectivity index (χ4v) is 1.55. The number of benzene rings is 2. The lowest BCUT2D eigenvalue weighted by Crippen LogP contribution is -2.11. The van der Waals surface area contributed by atoms with Crippen molar-refractivity contribution in [2.24, 2.45) is 0 Å². The molecule has 0 heterocycles. The van der Waals surface area contributed by atoms with Crippen LogP contribution >= 0.6 is 9.12 Å². The Morgan fingerprint density at radius 1 is 0.889 bits per heavy atom. The minimum absolute atomic E-state index is 0.271. The maximum atomic E-state index is 11.9. The summed E-state index contributed by atoms with van der Waals surface area (Å²) < 4.78 is 8.06. The summed E-state index contributed by atoms with van der Waals surface area (Å²) in [7, 11) is 1.72. The molecule has 0 aliphatic heterocycles. The second kappa shape index (κ2) is 7.49. The van der Waals surface area contributed by atoms with E-state index < -0.39 is 6.10 Å². The fourth-order valence-electron chi connectivity index (χ4n) is 1.55. The van der Waals surface area contributed by atoms with Gasteiger partial charge >= 0.3 is 0 Å². The zero-order valence-electron chi connectivity index (χ0n) is 9.61. The Bertz CT molecular complexity index is 485. The lowest BCUT2D eigenvalue weighted by Gasteiger charge is -2.09.